The van der Waals surface area contributed by atoms with Crippen molar-refractivity contribution in [1.29, 1.82) is 0 Å². The Morgan fingerprint density at radius 2 is 2.21 bits per heavy atom. The van der Waals surface area contributed by atoms with Crippen LogP contribution in [0.5, 0.6) is 0 Å². The summed E-state index contributed by atoms with van der Waals surface area (Å²) in [6.07, 6.45) is 3.51. The zero-order valence-corrected chi connectivity index (χ0v) is 13.7. The van der Waals surface area contributed by atoms with Gasteiger partial charge >= 0.3 is 0 Å². The second kappa shape index (κ2) is 5.90. The van der Waals surface area contributed by atoms with Crippen LogP contribution in [0.3, 0.4) is 0 Å². The molecule has 2 unspecified atom stereocenters. The summed E-state index contributed by atoms with van der Waals surface area (Å²) in [5, 5.41) is 5.12. The molecule has 2 rings (SSSR count). The van der Waals surface area contributed by atoms with Gasteiger partial charge in [0.05, 0.1) is 11.2 Å². The molecule has 1 aliphatic heterocycles. The van der Waals surface area contributed by atoms with Crippen molar-refractivity contribution < 1.29 is 0 Å². The van der Waals surface area contributed by atoms with Crippen LogP contribution in [0.2, 0.25) is 0 Å². The van der Waals surface area contributed by atoms with Gasteiger partial charge in [0.2, 0.25) is 0 Å². The topological polar surface area (TPSA) is 28.2 Å². The van der Waals surface area contributed by atoms with Crippen LogP contribution in [0.4, 0.5) is 0 Å². The van der Waals surface area contributed by atoms with Crippen LogP contribution in [-0.2, 0) is 5.54 Å². The second-order valence-electron chi connectivity index (χ2n) is 5.95. The normalized spacial score (nSPS) is 28.8. The highest BCUT2D eigenvalue weighted by Crippen LogP contribution is 2.38. The van der Waals surface area contributed by atoms with Gasteiger partial charge in [-0.05, 0) is 53.6 Å². The van der Waals surface area contributed by atoms with Crippen molar-refractivity contribution in [1.82, 2.24) is 15.2 Å². The summed E-state index contributed by atoms with van der Waals surface area (Å²) in [5.74, 6) is 0. The SMILES string of the molecule is CCCNC1(c2nc(C)c(C)s2)CCN(C)C(C)C1. The molecule has 1 saturated heterocycles. The fourth-order valence-corrected chi connectivity index (χ4v) is 3.94. The summed E-state index contributed by atoms with van der Waals surface area (Å²) >= 11 is 1.88. The minimum atomic E-state index is 0.103. The molecule has 19 heavy (non-hydrogen) atoms. The minimum Gasteiger partial charge on any atom is -0.305 e. The van der Waals surface area contributed by atoms with Gasteiger partial charge in [0, 0.05) is 17.5 Å². The van der Waals surface area contributed by atoms with E-state index >= 15 is 0 Å². The number of nitrogens with zero attached hydrogens (tertiary/aromatic N) is 2. The molecule has 2 atom stereocenters. The summed E-state index contributed by atoms with van der Waals surface area (Å²) < 4.78 is 0. The Balaban J connectivity index is 2.29. The van der Waals surface area contributed by atoms with Gasteiger partial charge in [-0.1, -0.05) is 6.92 Å². The van der Waals surface area contributed by atoms with Gasteiger partial charge in [0.25, 0.3) is 0 Å². The molecule has 0 spiro atoms. The number of hydrogen-bond donors (Lipinski definition) is 1. The van der Waals surface area contributed by atoms with E-state index < -0.39 is 0 Å². The molecule has 2 heterocycles. The molecule has 0 radical (unpaired) electrons. The number of aromatic nitrogens is 1. The van der Waals surface area contributed by atoms with Gasteiger partial charge in [0.15, 0.2) is 0 Å². The highest BCUT2D eigenvalue weighted by atomic mass is 32.1. The van der Waals surface area contributed by atoms with Crippen LogP contribution in [-0.4, -0.2) is 36.1 Å². The molecule has 0 aliphatic carbocycles. The average Bonchev–Trinajstić information content (AvgIpc) is 2.72. The van der Waals surface area contributed by atoms with Crippen molar-refractivity contribution >= 4 is 11.3 Å². The van der Waals surface area contributed by atoms with Crippen LogP contribution < -0.4 is 5.32 Å². The molecule has 1 aromatic heterocycles. The first-order chi connectivity index (χ1) is 8.98. The number of piperidine rings is 1. The molecule has 1 aromatic rings. The first-order valence-corrected chi connectivity index (χ1v) is 8.20. The maximum absolute atomic E-state index is 4.86. The Bertz CT molecular complexity index is 406. The summed E-state index contributed by atoms with van der Waals surface area (Å²) in [6, 6.07) is 0.614. The van der Waals surface area contributed by atoms with Crippen LogP contribution in [0.25, 0.3) is 0 Å². The van der Waals surface area contributed by atoms with Gasteiger partial charge in [-0.2, -0.15) is 0 Å². The molecule has 0 aromatic carbocycles. The van der Waals surface area contributed by atoms with Gasteiger partial charge in [-0.15, -0.1) is 11.3 Å². The van der Waals surface area contributed by atoms with E-state index in [1.54, 1.807) is 0 Å². The molecular weight excluding hydrogens is 254 g/mol. The molecule has 1 aliphatic rings. The smallest absolute Gasteiger partial charge is 0.113 e. The quantitative estimate of drug-likeness (QED) is 0.919. The standard InChI is InChI=1S/C15H27N3S/c1-6-8-16-15(7-9-18(5)11(2)10-15)14-17-12(3)13(4)19-14/h11,16H,6-10H2,1-5H3. The highest BCUT2D eigenvalue weighted by molar-refractivity contribution is 7.11. The van der Waals surface area contributed by atoms with E-state index in [2.05, 4.69) is 45.0 Å². The van der Waals surface area contributed by atoms with Crippen molar-refractivity contribution in [2.75, 3.05) is 20.1 Å². The summed E-state index contributed by atoms with van der Waals surface area (Å²) in [7, 11) is 2.23. The minimum absolute atomic E-state index is 0.103. The van der Waals surface area contributed by atoms with Crippen molar-refractivity contribution in [3.05, 3.63) is 15.6 Å². The Morgan fingerprint density at radius 3 is 2.74 bits per heavy atom. The van der Waals surface area contributed by atoms with Crippen molar-refractivity contribution in [2.24, 2.45) is 0 Å². The molecule has 0 bridgehead atoms. The van der Waals surface area contributed by atoms with Crippen molar-refractivity contribution in [2.45, 2.75) is 58.5 Å². The van der Waals surface area contributed by atoms with E-state index in [0.717, 1.165) is 19.5 Å². The first-order valence-electron chi connectivity index (χ1n) is 7.38. The number of rotatable bonds is 4. The third kappa shape index (κ3) is 3.01. The van der Waals surface area contributed by atoms with E-state index in [0.29, 0.717) is 6.04 Å². The largest absolute Gasteiger partial charge is 0.305 e. The number of hydrogen-bond acceptors (Lipinski definition) is 4. The molecule has 1 N–H and O–H groups in total. The average molecular weight is 281 g/mol. The third-order valence-corrected chi connectivity index (χ3v) is 5.72. The predicted molar refractivity (Wildman–Crippen MR) is 82.9 cm³/mol. The maximum Gasteiger partial charge on any atom is 0.113 e. The Morgan fingerprint density at radius 1 is 1.47 bits per heavy atom. The molecule has 1 fully saturated rings. The van der Waals surface area contributed by atoms with E-state index in [1.165, 1.54) is 28.4 Å². The fourth-order valence-electron chi connectivity index (χ4n) is 2.82. The van der Waals surface area contributed by atoms with Crippen LogP contribution in [0, 0.1) is 13.8 Å². The van der Waals surface area contributed by atoms with Crippen LogP contribution in [0.1, 0.15) is 48.7 Å². The van der Waals surface area contributed by atoms with Crippen molar-refractivity contribution in [3.8, 4) is 0 Å². The van der Waals surface area contributed by atoms with E-state index in [1.807, 2.05) is 11.3 Å². The number of nitrogens with one attached hydrogen (secondary N) is 1. The Labute approximate surface area is 121 Å². The molecule has 3 nitrogen and oxygen atoms in total. The van der Waals surface area contributed by atoms with Gasteiger partial charge in [-0.3, -0.25) is 0 Å². The fraction of sp³-hybridized carbons (Fsp3) is 0.800. The van der Waals surface area contributed by atoms with Crippen LogP contribution in [0.15, 0.2) is 0 Å². The van der Waals surface area contributed by atoms with E-state index in [9.17, 15) is 0 Å². The number of aryl methyl sites for hydroxylation is 2. The maximum atomic E-state index is 4.86. The van der Waals surface area contributed by atoms with Gasteiger partial charge < -0.3 is 10.2 Å². The summed E-state index contributed by atoms with van der Waals surface area (Å²) in [4.78, 5) is 8.67. The van der Waals surface area contributed by atoms with Crippen LogP contribution >= 0.6 is 11.3 Å². The van der Waals surface area contributed by atoms with E-state index in [-0.39, 0.29) is 5.54 Å². The monoisotopic (exact) mass is 281 g/mol. The molecule has 108 valence electrons. The molecular formula is C15H27N3S. The molecule has 0 amide bonds. The molecule has 4 heteroatoms. The highest BCUT2D eigenvalue weighted by Gasteiger charge is 2.40. The lowest BCUT2D eigenvalue weighted by Crippen LogP contribution is -2.53. The lowest BCUT2D eigenvalue weighted by Gasteiger charge is -2.44. The second-order valence-corrected chi connectivity index (χ2v) is 7.16. The lowest BCUT2D eigenvalue weighted by atomic mass is 9.84. The number of thiazole rings is 1. The van der Waals surface area contributed by atoms with Gasteiger partial charge in [0.1, 0.15) is 5.01 Å². The van der Waals surface area contributed by atoms with Crippen molar-refractivity contribution in [3.63, 3.8) is 0 Å². The zero-order valence-electron chi connectivity index (χ0n) is 12.9. The lowest BCUT2D eigenvalue weighted by molar-refractivity contribution is 0.106. The summed E-state index contributed by atoms with van der Waals surface area (Å²) in [6.45, 7) is 11.1. The predicted octanol–water partition coefficient (Wildman–Crippen LogP) is 3.07. The van der Waals surface area contributed by atoms with Gasteiger partial charge in [-0.25, -0.2) is 4.98 Å². The zero-order chi connectivity index (χ0) is 14.0. The number of likely N-dealkylation sites (tertiary alicyclic amines) is 1. The summed E-state index contributed by atoms with van der Waals surface area (Å²) in [5.41, 5.74) is 1.30. The third-order valence-electron chi connectivity index (χ3n) is 4.44. The van der Waals surface area contributed by atoms with E-state index in [4.69, 9.17) is 4.98 Å². The Kier molecular flexibility index (Phi) is 4.64. The first kappa shape index (κ1) is 14.9. The Hall–Kier alpha value is -0.450. The molecule has 0 saturated carbocycles.